The summed E-state index contributed by atoms with van der Waals surface area (Å²) in [5.41, 5.74) is 0.860. The lowest BCUT2D eigenvalue weighted by molar-refractivity contribution is 0.421. The van der Waals surface area contributed by atoms with Gasteiger partial charge in [-0.3, -0.25) is 4.68 Å². The van der Waals surface area contributed by atoms with Gasteiger partial charge in [-0.25, -0.2) is 4.98 Å². The molecule has 0 spiro atoms. The molecule has 0 saturated carbocycles. The highest BCUT2D eigenvalue weighted by Gasteiger charge is 2.13. The molecule has 2 aromatic heterocycles. The number of pyridine rings is 1. The molecule has 0 aliphatic rings. The van der Waals surface area contributed by atoms with Crippen molar-refractivity contribution in [1.29, 1.82) is 0 Å². The van der Waals surface area contributed by atoms with Gasteiger partial charge in [0.1, 0.15) is 5.15 Å². The molecule has 78 valence electrons. The van der Waals surface area contributed by atoms with E-state index in [9.17, 15) is 9.50 Å². The number of aryl methyl sites for hydroxylation is 1. The van der Waals surface area contributed by atoms with E-state index >= 15 is 0 Å². The van der Waals surface area contributed by atoms with Crippen LogP contribution in [0.25, 0.3) is 11.1 Å². The summed E-state index contributed by atoms with van der Waals surface area (Å²) in [6, 6.07) is 1.39. The molecule has 0 amide bonds. The average Bonchev–Trinajstić information content (AvgIpc) is 2.58. The van der Waals surface area contributed by atoms with Gasteiger partial charge in [0.25, 0.3) is 5.95 Å². The van der Waals surface area contributed by atoms with E-state index in [0.717, 1.165) is 0 Å². The van der Waals surface area contributed by atoms with Gasteiger partial charge in [-0.05, 0) is 6.07 Å². The SMILES string of the molecule is Cn1cc(-c2cc(Cl)nc(F)c2O)cn1. The molecule has 0 aromatic carbocycles. The molecule has 0 bridgehead atoms. The minimum atomic E-state index is -0.985. The normalized spacial score (nSPS) is 10.6. The number of nitrogens with zero attached hydrogens (tertiary/aromatic N) is 3. The first-order valence-corrected chi connectivity index (χ1v) is 4.50. The van der Waals surface area contributed by atoms with E-state index < -0.39 is 11.7 Å². The number of rotatable bonds is 1. The zero-order valence-corrected chi connectivity index (χ0v) is 8.53. The van der Waals surface area contributed by atoms with E-state index in [1.807, 2.05) is 0 Å². The maximum Gasteiger partial charge on any atom is 0.257 e. The fraction of sp³-hybridized carbons (Fsp3) is 0.111. The molecular formula is C9H7ClFN3O. The smallest absolute Gasteiger partial charge is 0.257 e. The fourth-order valence-corrected chi connectivity index (χ4v) is 1.44. The van der Waals surface area contributed by atoms with Crippen molar-refractivity contribution in [2.24, 2.45) is 7.05 Å². The van der Waals surface area contributed by atoms with Crippen LogP contribution in [0.2, 0.25) is 5.15 Å². The van der Waals surface area contributed by atoms with Crippen LogP contribution in [0.3, 0.4) is 0 Å². The number of aromatic hydroxyl groups is 1. The third-order valence-electron chi connectivity index (χ3n) is 1.93. The predicted octanol–water partition coefficient (Wildman–Crippen LogP) is 1.98. The summed E-state index contributed by atoms with van der Waals surface area (Å²) in [6.07, 6.45) is 3.15. The molecule has 2 aromatic rings. The van der Waals surface area contributed by atoms with Crippen molar-refractivity contribution in [1.82, 2.24) is 14.8 Å². The highest BCUT2D eigenvalue weighted by atomic mass is 35.5. The summed E-state index contributed by atoms with van der Waals surface area (Å²) in [5, 5.41) is 13.4. The average molecular weight is 228 g/mol. The van der Waals surface area contributed by atoms with Gasteiger partial charge in [-0.1, -0.05) is 11.6 Å². The van der Waals surface area contributed by atoms with E-state index in [1.165, 1.54) is 12.3 Å². The topological polar surface area (TPSA) is 50.9 Å². The van der Waals surface area contributed by atoms with Gasteiger partial charge < -0.3 is 5.11 Å². The first-order chi connectivity index (χ1) is 7.08. The van der Waals surface area contributed by atoms with Crippen molar-refractivity contribution in [2.75, 3.05) is 0 Å². The molecular weight excluding hydrogens is 221 g/mol. The molecule has 0 saturated heterocycles. The number of hydrogen-bond donors (Lipinski definition) is 1. The van der Waals surface area contributed by atoms with Gasteiger partial charge >= 0.3 is 0 Å². The van der Waals surface area contributed by atoms with Crippen LogP contribution >= 0.6 is 11.6 Å². The van der Waals surface area contributed by atoms with E-state index in [0.29, 0.717) is 5.56 Å². The Hall–Kier alpha value is -1.62. The summed E-state index contributed by atoms with van der Waals surface area (Å²) in [5.74, 6) is -1.51. The van der Waals surface area contributed by atoms with E-state index in [-0.39, 0.29) is 10.7 Å². The quantitative estimate of drug-likeness (QED) is 0.758. The lowest BCUT2D eigenvalue weighted by Crippen LogP contribution is -1.88. The van der Waals surface area contributed by atoms with E-state index in [2.05, 4.69) is 10.1 Å². The summed E-state index contributed by atoms with van der Waals surface area (Å²) < 4.78 is 14.6. The predicted molar refractivity (Wildman–Crippen MR) is 53.1 cm³/mol. The van der Waals surface area contributed by atoms with Crippen molar-refractivity contribution in [3.63, 3.8) is 0 Å². The van der Waals surface area contributed by atoms with Gasteiger partial charge in [0.2, 0.25) is 0 Å². The molecule has 2 heterocycles. The largest absolute Gasteiger partial charge is 0.503 e. The lowest BCUT2D eigenvalue weighted by Gasteiger charge is -2.02. The van der Waals surface area contributed by atoms with Crippen LogP contribution in [0.15, 0.2) is 18.5 Å². The Morgan fingerprint density at radius 2 is 2.27 bits per heavy atom. The Morgan fingerprint density at radius 1 is 1.53 bits per heavy atom. The Kier molecular flexibility index (Phi) is 2.32. The minimum Gasteiger partial charge on any atom is -0.503 e. The second kappa shape index (κ2) is 3.51. The Labute approximate surface area is 89.9 Å². The molecule has 6 heteroatoms. The third kappa shape index (κ3) is 1.78. The molecule has 0 aliphatic carbocycles. The number of hydrogen-bond acceptors (Lipinski definition) is 3. The number of aromatic nitrogens is 3. The Morgan fingerprint density at radius 3 is 2.87 bits per heavy atom. The van der Waals surface area contributed by atoms with Crippen molar-refractivity contribution in [3.05, 3.63) is 29.6 Å². The van der Waals surface area contributed by atoms with Crippen LogP contribution in [0.5, 0.6) is 5.75 Å². The molecule has 0 atom stereocenters. The van der Waals surface area contributed by atoms with Gasteiger partial charge in [-0.15, -0.1) is 0 Å². The fourth-order valence-electron chi connectivity index (χ4n) is 1.26. The van der Waals surface area contributed by atoms with Crippen LogP contribution in [-0.4, -0.2) is 19.9 Å². The van der Waals surface area contributed by atoms with Crippen LogP contribution in [-0.2, 0) is 7.05 Å². The van der Waals surface area contributed by atoms with Gasteiger partial charge in [0.15, 0.2) is 5.75 Å². The lowest BCUT2D eigenvalue weighted by atomic mass is 10.1. The monoisotopic (exact) mass is 227 g/mol. The maximum absolute atomic E-state index is 13.1. The highest BCUT2D eigenvalue weighted by molar-refractivity contribution is 6.29. The van der Waals surface area contributed by atoms with Crippen LogP contribution < -0.4 is 0 Å². The first-order valence-electron chi connectivity index (χ1n) is 4.12. The second-order valence-electron chi connectivity index (χ2n) is 3.03. The molecule has 15 heavy (non-hydrogen) atoms. The molecule has 2 rings (SSSR count). The van der Waals surface area contributed by atoms with Gasteiger partial charge in [0.05, 0.1) is 6.20 Å². The summed E-state index contributed by atoms with van der Waals surface area (Å²) >= 11 is 5.59. The zero-order chi connectivity index (χ0) is 11.0. The molecule has 0 fully saturated rings. The Bertz CT molecular complexity index is 512. The summed E-state index contributed by atoms with van der Waals surface area (Å²) in [7, 11) is 1.72. The molecule has 1 N–H and O–H groups in total. The van der Waals surface area contributed by atoms with Crippen LogP contribution in [0.1, 0.15) is 0 Å². The zero-order valence-electron chi connectivity index (χ0n) is 7.78. The minimum absolute atomic E-state index is 0.0100. The molecule has 0 radical (unpaired) electrons. The highest BCUT2D eigenvalue weighted by Crippen LogP contribution is 2.31. The molecule has 0 unspecified atom stereocenters. The third-order valence-corrected chi connectivity index (χ3v) is 2.13. The van der Waals surface area contributed by atoms with Crippen LogP contribution in [0, 0.1) is 5.95 Å². The van der Waals surface area contributed by atoms with Gasteiger partial charge in [0, 0.05) is 24.4 Å². The van der Waals surface area contributed by atoms with Crippen molar-refractivity contribution < 1.29 is 9.50 Å². The maximum atomic E-state index is 13.1. The van der Waals surface area contributed by atoms with Crippen LogP contribution in [0.4, 0.5) is 4.39 Å². The van der Waals surface area contributed by atoms with E-state index in [1.54, 1.807) is 17.9 Å². The van der Waals surface area contributed by atoms with Crippen molar-refractivity contribution in [2.45, 2.75) is 0 Å². The molecule has 4 nitrogen and oxygen atoms in total. The van der Waals surface area contributed by atoms with Crippen molar-refractivity contribution in [3.8, 4) is 16.9 Å². The number of halogens is 2. The standard InChI is InChI=1S/C9H7ClFN3O/c1-14-4-5(3-12-14)6-2-7(10)13-9(11)8(6)15/h2-4,15H,1H3. The van der Waals surface area contributed by atoms with E-state index in [4.69, 9.17) is 11.6 Å². The summed E-state index contributed by atoms with van der Waals surface area (Å²) in [6.45, 7) is 0. The van der Waals surface area contributed by atoms with Gasteiger partial charge in [-0.2, -0.15) is 9.49 Å². The Balaban J connectivity index is 2.62. The van der Waals surface area contributed by atoms with Crippen molar-refractivity contribution >= 4 is 11.6 Å². The summed E-state index contributed by atoms with van der Waals surface area (Å²) in [4.78, 5) is 3.29. The first kappa shape index (κ1) is 9.92. The molecule has 0 aliphatic heterocycles. The second-order valence-corrected chi connectivity index (χ2v) is 3.42.